The van der Waals surface area contributed by atoms with Crippen LogP contribution in [0.4, 0.5) is 17.3 Å². The van der Waals surface area contributed by atoms with E-state index in [-0.39, 0.29) is 11.0 Å². The first-order chi connectivity index (χ1) is 16.0. The van der Waals surface area contributed by atoms with E-state index in [4.69, 9.17) is 27.6 Å². The smallest absolute Gasteiger partial charge is 0.335 e. The van der Waals surface area contributed by atoms with E-state index in [1.54, 1.807) is 16.8 Å². The molecule has 0 atom stereocenters. The zero-order chi connectivity index (χ0) is 25.0. The Balaban J connectivity index is 0.000000202. The summed E-state index contributed by atoms with van der Waals surface area (Å²) in [5.41, 5.74) is 20.8. The lowest BCUT2D eigenvalue weighted by molar-refractivity contribution is 0.0697. The fourth-order valence-corrected chi connectivity index (χ4v) is 3.16. The van der Waals surface area contributed by atoms with Gasteiger partial charge in [-0.1, -0.05) is 39.0 Å². The van der Waals surface area contributed by atoms with Gasteiger partial charge in [-0.25, -0.2) is 14.2 Å². The highest BCUT2D eigenvalue weighted by Gasteiger charge is 2.24. The minimum atomic E-state index is -0.972. The summed E-state index contributed by atoms with van der Waals surface area (Å²) in [5, 5.41) is 26.1. The summed E-state index contributed by atoms with van der Waals surface area (Å²) in [4.78, 5) is 10.8. The predicted octanol–water partition coefficient (Wildman–Crippen LogP) is 3.36. The van der Waals surface area contributed by atoms with Crippen LogP contribution in [0.25, 0.3) is 11.4 Å². The van der Waals surface area contributed by atoms with Crippen molar-refractivity contribution < 1.29 is 9.90 Å². The van der Waals surface area contributed by atoms with Crippen LogP contribution in [0.1, 0.15) is 42.4 Å². The standard InChI is InChI=1S/C14H18N4O2.C10H8N4/c1-14(2,3)11-10(15)12(16)18(17-11)9-6-4-8(5-7-9)13(19)20;11-6-8-7-13-14(10(8)12)9-4-2-1-3-5-9/h4-7H,15-16H2,1-3H3,(H,19,20);1-5,7H,12H2. The van der Waals surface area contributed by atoms with Gasteiger partial charge in [-0.3, -0.25) is 0 Å². The van der Waals surface area contributed by atoms with Gasteiger partial charge in [0.25, 0.3) is 0 Å². The molecule has 0 spiro atoms. The highest BCUT2D eigenvalue weighted by molar-refractivity contribution is 5.87. The molecule has 7 N–H and O–H groups in total. The normalized spacial score (nSPS) is 10.8. The Bertz CT molecular complexity index is 1340. The van der Waals surface area contributed by atoms with Crippen molar-refractivity contribution in [1.29, 1.82) is 5.26 Å². The maximum Gasteiger partial charge on any atom is 0.335 e. The molecular weight excluding hydrogens is 432 g/mol. The van der Waals surface area contributed by atoms with Crippen LogP contribution in [0.2, 0.25) is 0 Å². The average molecular weight is 459 g/mol. The predicted molar refractivity (Wildman–Crippen MR) is 131 cm³/mol. The second-order valence-corrected chi connectivity index (χ2v) is 8.46. The van der Waals surface area contributed by atoms with Crippen LogP contribution in [0.5, 0.6) is 0 Å². The van der Waals surface area contributed by atoms with Crippen molar-refractivity contribution in [1.82, 2.24) is 19.6 Å². The van der Waals surface area contributed by atoms with Gasteiger partial charge >= 0.3 is 5.97 Å². The topological polar surface area (TPSA) is 175 Å². The maximum absolute atomic E-state index is 10.8. The number of nitrogens with two attached hydrogens (primary N) is 3. The van der Waals surface area contributed by atoms with Crippen molar-refractivity contribution in [2.75, 3.05) is 17.2 Å². The Hall–Kier alpha value is -4.78. The van der Waals surface area contributed by atoms with Crippen molar-refractivity contribution in [2.24, 2.45) is 0 Å². The van der Waals surface area contributed by atoms with Crippen LogP contribution in [0, 0.1) is 11.3 Å². The third-order valence-corrected chi connectivity index (χ3v) is 4.96. The molecule has 0 saturated carbocycles. The second-order valence-electron chi connectivity index (χ2n) is 8.46. The monoisotopic (exact) mass is 458 g/mol. The second kappa shape index (κ2) is 9.38. The molecule has 0 amide bonds. The molecule has 2 heterocycles. The van der Waals surface area contributed by atoms with Gasteiger partial charge in [-0.15, -0.1) is 0 Å². The Morgan fingerprint density at radius 2 is 1.53 bits per heavy atom. The summed E-state index contributed by atoms with van der Waals surface area (Å²) >= 11 is 0. The van der Waals surface area contributed by atoms with Crippen LogP contribution in [-0.2, 0) is 5.41 Å². The first-order valence-corrected chi connectivity index (χ1v) is 10.3. The molecule has 0 saturated heterocycles. The van der Waals surface area contributed by atoms with Crippen molar-refractivity contribution in [3.8, 4) is 17.4 Å². The van der Waals surface area contributed by atoms with Gasteiger partial charge in [-0.2, -0.15) is 15.5 Å². The molecule has 0 aliphatic heterocycles. The summed E-state index contributed by atoms with van der Waals surface area (Å²) < 4.78 is 3.07. The highest BCUT2D eigenvalue weighted by Crippen LogP contribution is 2.32. The fraction of sp³-hybridized carbons (Fsp3) is 0.167. The van der Waals surface area contributed by atoms with Gasteiger partial charge in [0.15, 0.2) is 5.82 Å². The van der Waals surface area contributed by atoms with E-state index in [2.05, 4.69) is 10.2 Å². The molecular formula is C24H26N8O2. The first-order valence-electron chi connectivity index (χ1n) is 10.3. The molecule has 2 aromatic carbocycles. The van der Waals surface area contributed by atoms with E-state index < -0.39 is 5.97 Å². The number of aromatic carboxylic acids is 1. The van der Waals surface area contributed by atoms with E-state index in [0.717, 1.165) is 11.4 Å². The number of nitrogens with zero attached hydrogens (tertiary/aromatic N) is 5. The number of carboxylic acid groups (broad SMARTS) is 1. The molecule has 0 bridgehead atoms. The molecule has 2 aromatic heterocycles. The van der Waals surface area contributed by atoms with Gasteiger partial charge in [0, 0.05) is 5.41 Å². The molecule has 4 aromatic rings. The van der Waals surface area contributed by atoms with E-state index in [1.165, 1.54) is 23.0 Å². The number of carbonyl (C=O) groups is 1. The molecule has 10 heteroatoms. The Kier molecular flexibility index (Phi) is 6.58. The molecule has 0 aliphatic carbocycles. The minimum Gasteiger partial charge on any atom is -0.478 e. The number of carboxylic acids is 1. The number of hydrogen-bond donors (Lipinski definition) is 4. The number of nitriles is 1. The van der Waals surface area contributed by atoms with Crippen molar-refractivity contribution in [3.05, 3.63) is 77.6 Å². The summed E-state index contributed by atoms with van der Waals surface area (Å²) in [6.07, 6.45) is 1.46. The first kappa shape index (κ1) is 23.9. The van der Waals surface area contributed by atoms with Gasteiger partial charge in [0.2, 0.25) is 0 Å². The van der Waals surface area contributed by atoms with Crippen LogP contribution in [0.15, 0.2) is 60.8 Å². The van der Waals surface area contributed by atoms with E-state index in [1.807, 2.05) is 57.2 Å². The lowest BCUT2D eigenvalue weighted by Crippen LogP contribution is -2.14. The third kappa shape index (κ3) is 4.83. The lowest BCUT2D eigenvalue weighted by atomic mass is 9.91. The number of aromatic nitrogens is 4. The molecule has 0 unspecified atom stereocenters. The Morgan fingerprint density at radius 1 is 0.941 bits per heavy atom. The van der Waals surface area contributed by atoms with Crippen LogP contribution in [-0.4, -0.2) is 30.6 Å². The molecule has 10 nitrogen and oxygen atoms in total. The lowest BCUT2D eigenvalue weighted by Gasteiger charge is -2.15. The Morgan fingerprint density at radius 3 is 2.00 bits per heavy atom. The quantitative estimate of drug-likeness (QED) is 0.361. The van der Waals surface area contributed by atoms with Gasteiger partial charge < -0.3 is 22.3 Å². The Labute approximate surface area is 196 Å². The number of hydrogen-bond acceptors (Lipinski definition) is 7. The highest BCUT2D eigenvalue weighted by atomic mass is 16.4. The van der Waals surface area contributed by atoms with E-state index in [9.17, 15) is 4.79 Å². The molecule has 4 rings (SSSR count). The number of rotatable bonds is 3. The van der Waals surface area contributed by atoms with Crippen LogP contribution in [0.3, 0.4) is 0 Å². The summed E-state index contributed by atoms with van der Waals surface area (Å²) in [6.45, 7) is 6.01. The van der Waals surface area contributed by atoms with Crippen molar-refractivity contribution >= 4 is 23.3 Å². The average Bonchev–Trinajstić information content (AvgIpc) is 3.34. The number of para-hydroxylation sites is 1. The molecule has 0 radical (unpaired) electrons. The minimum absolute atomic E-state index is 0.212. The number of nitrogen functional groups attached to an aromatic ring is 3. The zero-order valence-electron chi connectivity index (χ0n) is 19.1. The van der Waals surface area contributed by atoms with Crippen LogP contribution >= 0.6 is 0 Å². The molecule has 34 heavy (non-hydrogen) atoms. The number of benzene rings is 2. The van der Waals surface area contributed by atoms with Gasteiger partial charge in [-0.05, 0) is 36.4 Å². The molecule has 0 aliphatic rings. The van der Waals surface area contributed by atoms with Gasteiger partial charge in [0.05, 0.1) is 34.5 Å². The van der Waals surface area contributed by atoms with E-state index in [0.29, 0.717) is 28.6 Å². The summed E-state index contributed by atoms with van der Waals surface area (Å²) in [5.74, 6) is -0.239. The van der Waals surface area contributed by atoms with Crippen LogP contribution < -0.4 is 17.2 Å². The van der Waals surface area contributed by atoms with Crippen molar-refractivity contribution in [2.45, 2.75) is 26.2 Å². The summed E-state index contributed by atoms with van der Waals surface area (Å²) in [6, 6.07) is 17.7. The van der Waals surface area contributed by atoms with E-state index >= 15 is 0 Å². The van der Waals surface area contributed by atoms with Crippen molar-refractivity contribution in [3.63, 3.8) is 0 Å². The zero-order valence-corrected chi connectivity index (χ0v) is 19.1. The fourth-order valence-electron chi connectivity index (χ4n) is 3.16. The molecule has 174 valence electrons. The summed E-state index contributed by atoms with van der Waals surface area (Å²) in [7, 11) is 0. The SMILES string of the molecule is CC(C)(C)c1nn(-c2ccc(C(=O)O)cc2)c(N)c1N.N#Cc1cnn(-c2ccccc2)c1N. The third-order valence-electron chi connectivity index (χ3n) is 4.96. The largest absolute Gasteiger partial charge is 0.478 e. The number of anilines is 3. The maximum atomic E-state index is 10.8. The molecule has 0 fully saturated rings. The van der Waals surface area contributed by atoms with Gasteiger partial charge in [0.1, 0.15) is 17.5 Å².